The lowest BCUT2D eigenvalue weighted by molar-refractivity contribution is -0.115. The van der Waals surface area contributed by atoms with Crippen molar-refractivity contribution in [2.75, 3.05) is 5.32 Å². The molecule has 8 nitrogen and oxygen atoms in total. The van der Waals surface area contributed by atoms with E-state index in [1.165, 1.54) is 23.1 Å². The van der Waals surface area contributed by atoms with Gasteiger partial charge in [-0.3, -0.25) is 10.1 Å². The molecule has 0 aliphatic carbocycles. The molecule has 3 rings (SSSR count). The lowest BCUT2D eigenvalue weighted by Crippen LogP contribution is -2.22. The highest BCUT2D eigenvalue weighted by molar-refractivity contribution is 8.00. The Hall–Kier alpha value is -2.17. The predicted molar refractivity (Wildman–Crippen MR) is 110 cm³/mol. The van der Waals surface area contributed by atoms with E-state index in [4.69, 9.17) is 16.3 Å². The number of aromatic nitrogens is 5. The van der Waals surface area contributed by atoms with Gasteiger partial charge in [0.2, 0.25) is 11.0 Å². The molecule has 2 unspecified atom stereocenters. The van der Waals surface area contributed by atoms with E-state index in [1.807, 2.05) is 37.6 Å². The quantitative estimate of drug-likeness (QED) is 0.559. The second-order valence-electron chi connectivity index (χ2n) is 5.97. The summed E-state index contributed by atoms with van der Waals surface area (Å²) in [5, 5.41) is 21.0. The van der Waals surface area contributed by atoms with Crippen LogP contribution in [0.15, 0.2) is 29.4 Å². The van der Waals surface area contributed by atoms with Gasteiger partial charge in [0.25, 0.3) is 0 Å². The number of benzene rings is 1. The van der Waals surface area contributed by atoms with Gasteiger partial charge in [-0.2, -0.15) is 0 Å². The molecule has 0 spiro atoms. The Morgan fingerprint density at radius 1 is 1.25 bits per heavy atom. The Bertz CT molecular complexity index is 976. The summed E-state index contributed by atoms with van der Waals surface area (Å²) in [6.07, 6.45) is -0.361. The average molecular weight is 439 g/mol. The van der Waals surface area contributed by atoms with Crippen LogP contribution in [0.2, 0.25) is 5.02 Å². The molecule has 3 aromatic rings. The molecule has 2 aromatic heterocycles. The standard InChI is InChI=1S/C17H19ClN6O2S2/c1-9(26-13-8-6-5-7-12(13)18)14-21-23-17(24(14)4)27-10(2)15(25)19-16-22-20-11(3)28-16/h5-10H,1-4H3,(H,19,22,25). The fraction of sp³-hybridized carbons (Fsp3) is 0.353. The number of amides is 1. The molecule has 0 aliphatic heterocycles. The van der Waals surface area contributed by atoms with E-state index in [2.05, 4.69) is 25.7 Å². The molecule has 0 radical (unpaired) electrons. The summed E-state index contributed by atoms with van der Waals surface area (Å²) in [6, 6.07) is 7.26. The van der Waals surface area contributed by atoms with Crippen LogP contribution in [0.1, 0.15) is 30.8 Å². The van der Waals surface area contributed by atoms with Crippen LogP contribution < -0.4 is 10.1 Å². The van der Waals surface area contributed by atoms with Crippen LogP contribution in [0.4, 0.5) is 5.13 Å². The van der Waals surface area contributed by atoms with Crippen molar-refractivity contribution in [2.24, 2.45) is 7.05 Å². The molecule has 2 atom stereocenters. The summed E-state index contributed by atoms with van der Waals surface area (Å²) in [7, 11) is 1.84. The molecule has 0 saturated heterocycles. The van der Waals surface area contributed by atoms with Crippen LogP contribution in [0.3, 0.4) is 0 Å². The van der Waals surface area contributed by atoms with Gasteiger partial charge < -0.3 is 9.30 Å². The van der Waals surface area contributed by atoms with Gasteiger partial charge in [-0.15, -0.1) is 20.4 Å². The van der Waals surface area contributed by atoms with Crippen LogP contribution in [0.5, 0.6) is 5.75 Å². The second-order valence-corrected chi connectivity index (χ2v) is 8.86. The molecule has 1 aromatic carbocycles. The van der Waals surface area contributed by atoms with Gasteiger partial charge in [0.05, 0.1) is 10.3 Å². The van der Waals surface area contributed by atoms with Crippen LogP contribution in [0.25, 0.3) is 0 Å². The van der Waals surface area contributed by atoms with Gasteiger partial charge in [0.15, 0.2) is 17.1 Å². The fourth-order valence-corrected chi connectivity index (χ4v) is 3.93. The normalized spacial score (nSPS) is 13.2. The zero-order valence-corrected chi connectivity index (χ0v) is 18.1. The number of para-hydroxylation sites is 1. The maximum Gasteiger partial charge on any atom is 0.239 e. The Morgan fingerprint density at radius 2 is 2.00 bits per heavy atom. The molecule has 0 aliphatic rings. The number of hydrogen-bond acceptors (Lipinski definition) is 8. The summed E-state index contributed by atoms with van der Waals surface area (Å²) >= 11 is 8.78. The Morgan fingerprint density at radius 3 is 2.68 bits per heavy atom. The molecular formula is C17H19ClN6O2S2. The van der Waals surface area contributed by atoms with Gasteiger partial charge in [-0.1, -0.05) is 46.8 Å². The van der Waals surface area contributed by atoms with E-state index in [0.717, 1.165) is 5.01 Å². The Kier molecular flexibility index (Phi) is 6.53. The lowest BCUT2D eigenvalue weighted by atomic mass is 10.3. The summed E-state index contributed by atoms with van der Waals surface area (Å²) in [4.78, 5) is 12.4. The number of nitrogens with one attached hydrogen (secondary N) is 1. The lowest BCUT2D eigenvalue weighted by Gasteiger charge is -2.15. The number of rotatable bonds is 7. The largest absolute Gasteiger partial charge is 0.481 e. The van der Waals surface area contributed by atoms with Crippen molar-refractivity contribution >= 4 is 45.7 Å². The maximum absolute atomic E-state index is 12.4. The molecule has 28 heavy (non-hydrogen) atoms. The van der Waals surface area contributed by atoms with Crippen LogP contribution in [-0.4, -0.2) is 36.1 Å². The number of nitrogens with zero attached hydrogens (tertiary/aromatic N) is 5. The summed E-state index contributed by atoms with van der Waals surface area (Å²) in [6.45, 7) is 5.50. The zero-order chi connectivity index (χ0) is 20.3. The van der Waals surface area contributed by atoms with Crippen LogP contribution in [-0.2, 0) is 11.8 Å². The minimum atomic E-state index is -0.389. The molecule has 0 saturated carbocycles. The number of ether oxygens (including phenoxy) is 1. The van der Waals surface area contributed by atoms with Crippen molar-refractivity contribution in [3.63, 3.8) is 0 Å². The van der Waals surface area contributed by atoms with Gasteiger partial charge >= 0.3 is 0 Å². The molecule has 0 fully saturated rings. The number of hydrogen-bond donors (Lipinski definition) is 1. The molecule has 1 amide bonds. The predicted octanol–water partition coefficient (Wildman–Crippen LogP) is 3.89. The Labute approximate surface area is 175 Å². The topological polar surface area (TPSA) is 94.8 Å². The first kappa shape index (κ1) is 20.6. The number of thioether (sulfide) groups is 1. The van der Waals surface area contributed by atoms with Crippen molar-refractivity contribution in [3.05, 3.63) is 40.1 Å². The minimum Gasteiger partial charge on any atom is -0.481 e. The monoisotopic (exact) mass is 438 g/mol. The van der Waals surface area contributed by atoms with E-state index in [9.17, 15) is 4.79 Å². The van der Waals surface area contributed by atoms with Crippen molar-refractivity contribution in [2.45, 2.75) is 37.3 Å². The number of aryl methyl sites for hydroxylation is 1. The smallest absolute Gasteiger partial charge is 0.239 e. The third-order valence-corrected chi connectivity index (χ3v) is 5.98. The molecule has 0 bridgehead atoms. The zero-order valence-electron chi connectivity index (χ0n) is 15.7. The third-order valence-electron chi connectivity index (χ3n) is 3.78. The highest BCUT2D eigenvalue weighted by Gasteiger charge is 2.22. The first-order valence-electron chi connectivity index (χ1n) is 8.43. The molecule has 148 valence electrons. The molecule has 11 heteroatoms. The van der Waals surface area contributed by atoms with E-state index in [-0.39, 0.29) is 17.3 Å². The van der Waals surface area contributed by atoms with Gasteiger partial charge in [0, 0.05) is 7.05 Å². The first-order valence-corrected chi connectivity index (χ1v) is 10.5. The molecular weight excluding hydrogens is 420 g/mol. The van der Waals surface area contributed by atoms with E-state index in [1.54, 1.807) is 19.1 Å². The number of halogens is 1. The summed E-state index contributed by atoms with van der Waals surface area (Å²) < 4.78 is 7.71. The van der Waals surface area contributed by atoms with Crippen molar-refractivity contribution in [3.8, 4) is 5.75 Å². The highest BCUT2D eigenvalue weighted by Crippen LogP contribution is 2.30. The van der Waals surface area contributed by atoms with Crippen molar-refractivity contribution < 1.29 is 9.53 Å². The van der Waals surface area contributed by atoms with Gasteiger partial charge in [0.1, 0.15) is 10.8 Å². The van der Waals surface area contributed by atoms with Crippen molar-refractivity contribution in [1.82, 2.24) is 25.0 Å². The maximum atomic E-state index is 12.4. The SMILES string of the molecule is Cc1nnc(NC(=O)C(C)Sc2nnc(C(C)Oc3ccccc3Cl)n2C)s1. The number of anilines is 1. The van der Waals surface area contributed by atoms with Gasteiger partial charge in [-0.05, 0) is 32.9 Å². The summed E-state index contributed by atoms with van der Waals surface area (Å²) in [5.74, 6) is 1.04. The van der Waals surface area contributed by atoms with Crippen molar-refractivity contribution in [1.29, 1.82) is 0 Å². The highest BCUT2D eigenvalue weighted by atomic mass is 35.5. The third kappa shape index (κ3) is 4.81. The second kappa shape index (κ2) is 8.89. The van der Waals surface area contributed by atoms with Crippen LogP contribution >= 0.6 is 34.7 Å². The Balaban J connectivity index is 1.65. The number of carbonyl (C=O) groups is 1. The van der Waals surface area contributed by atoms with E-state index in [0.29, 0.717) is 26.9 Å². The fourth-order valence-electron chi connectivity index (χ4n) is 2.33. The van der Waals surface area contributed by atoms with E-state index < -0.39 is 0 Å². The van der Waals surface area contributed by atoms with Gasteiger partial charge in [-0.25, -0.2) is 0 Å². The summed E-state index contributed by atoms with van der Waals surface area (Å²) in [5.41, 5.74) is 0. The van der Waals surface area contributed by atoms with E-state index >= 15 is 0 Å². The average Bonchev–Trinajstić information content (AvgIpc) is 3.22. The molecule has 2 heterocycles. The minimum absolute atomic E-state index is 0.175. The number of carbonyl (C=O) groups excluding carboxylic acids is 1. The first-order chi connectivity index (χ1) is 13.3. The molecule has 1 N–H and O–H groups in total. The van der Waals surface area contributed by atoms with Crippen LogP contribution in [0, 0.1) is 6.92 Å².